The molecule has 0 amide bonds. The fourth-order valence-electron chi connectivity index (χ4n) is 2.15. The second kappa shape index (κ2) is 5.69. The Morgan fingerprint density at radius 1 is 1.32 bits per heavy atom. The minimum Gasteiger partial charge on any atom is -0.465 e. The van der Waals surface area contributed by atoms with Crippen molar-refractivity contribution >= 4 is 12.3 Å². The van der Waals surface area contributed by atoms with Crippen molar-refractivity contribution in [3.05, 3.63) is 60.1 Å². The molecule has 110 valence electrons. The molecule has 22 heavy (non-hydrogen) atoms. The molecule has 1 aromatic carbocycles. The van der Waals surface area contributed by atoms with E-state index in [9.17, 15) is 9.59 Å². The largest absolute Gasteiger partial charge is 0.465 e. The maximum absolute atomic E-state index is 11.7. The van der Waals surface area contributed by atoms with Crippen molar-refractivity contribution in [2.75, 3.05) is 7.11 Å². The molecule has 0 atom stereocenters. The Kier molecular flexibility index (Phi) is 3.57. The molecule has 0 fully saturated rings. The summed E-state index contributed by atoms with van der Waals surface area (Å²) in [5.74, 6) is 0.235. The van der Waals surface area contributed by atoms with Crippen LogP contribution in [-0.4, -0.2) is 29.1 Å². The lowest BCUT2D eigenvalue weighted by Gasteiger charge is -2.09. The molecular formula is C16H12N2O4. The van der Waals surface area contributed by atoms with E-state index >= 15 is 0 Å². The van der Waals surface area contributed by atoms with Crippen LogP contribution >= 0.6 is 0 Å². The number of aldehydes is 1. The van der Waals surface area contributed by atoms with Gasteiger partial charge in [-0.25, -0.2) is 9.48 Å². The van der Waals surface area contributed by atoms with Crippen LogP contribution in [-0.2, 0) is 4.74 Å². The third-order valence-electron chi connectivity index (χ3n) is 3.18. The Balaban J connectivity index is 2.18. The quantitative estimate of drug-likeness (QED) is 0.546. The SMILES string of the molecule is COC(=O)c1ccc(-n2cccn2)c(-c2ccc(C=O)o2)c1. The van der Waals surface area contributed by atoms with Crippen molar-refractivity contribution in [3.8, 4) is 17.0 Å². The van der Waals surface area contributed by atoms with Gasteiger partial charge in [0.05, 0.1) is 18.4 Å². The normalized spacial score (nSPS) is 10.4. The predicted octanol–water partition coefficient (Wildman–Crippen LogP) is 2.73. The molecular weight excluding hydrogens is 284 g/mol. The monoisotopic (exact) mass is 296 g/mol. The van der Waals surface area contributed by atoms with E-state index in [1.54, 1.807) is 53.5 Å². The third-order valence-corrected chi connectivity index (χ3v) is 3.18. The molecule has 3 aromatic rings. The molecule has 0 aliphatic carbocycles. The Morgan fingerprint density at radius 3 is 2.82 bits per heavy atom. The average molecular weight is 296 g/mol. The van der Waals surface area contributed by atoms with Gasteiger partial charge in [0.2, 0.25) is 0 Å². The number of nitrogens with zero attached hydrogens (tertiary/aromatic N) is 2. The number of carbonyl (C=O) groups excluding carboxylic acids is 2. The van der Waals surface area contributed by atoms with Gasteiger partial charge in [-0.2, -0.15) is 5.10 Å². The van der Waals surface area contributed by atoms with Crippen molar-refractivity contribution in [1.82, 2.24) is 9.78 Å². The Labute approximate surface area is 125 Å². The molecule has 0 aliphatic rings. The summed E-state index contributed by atoms with van der Waals surface area (Å²) in [7, 11) is 1.32. The molecule has 2 heterocycles. The summed E-state index contributed by atoms with van der Waals surface area (Å²) in [6.45, 7) is 0. The van der Waals surface area contributed by atoms with E-state index < -0.39 is 5.97 Å². The van der Waals surface area contributed by atoms with E-state index in [0.29, 0.717) is 23.2 Å². The number of aromatic nitrogens is 2. The maximum Gasteiger partial charge on any atom is 0.337 e. The van der Waals surface area contributed by atoms with Gasteiger partial charge in [0.15, 0.2) is 12.0 Å². The van der Waals surface area contributed by atoms with E-state index in [1.165, 1.54) is 7.11 Å². The van der Waals surface area contributed by atoms with E-state index in [0.717, 1.165) is 5.69 Å². The molecule has 0 N–H and O–H groups in total. The van der Waals surface area contributed by atoms with Crippen LogP contribution < -0.4 is 0 Å². The predicted molar refractivity (Wildman–Crippen MR) is 78.0 cm³/mol. The van der Waals surface area contributed by atoms with Gasteiger partial charge in [0.25, 0.3) is 0 Å². The Morgan fingerprint density at radius 2 is 2.18 bits per heavy atom. The van der Waals surface area contributed by atoms with Crippen LogP contribution in [0.3, 0.4) is 0 Å². The molecule has 0 radical (unpaired) electrons. The topological polar surface area (TPSA) is 74.3 Å². The van der Waals surface area contributed by atoms with Gasteiger partial charge in [-0.05, 0) is 36.4 Å². The van der Waals surface area contributed by atoms with Crippen LogP contribution in [0.4, 0.5) is 0 Å². The lowest BCUT2D eigenvalue weighted by atomic mass is 10.1. The number of benzene rings is 1. The smallest absolute Gasteiger partial charge is 0.337 e. The van der Waals surface area contributed by atoms with Crippen molar-refractivity contribution in [1.29, 1.82) is 0 Å². The molecule has 0 saturated heterocycles. The number of esters is 1. The average Bonchev–Trinajstić information content (AvgIpc) is 3.24. The zero-order valence-electron chi connectivity index (χ0n) is 11.7. The van der Waals surface area contributed by atoms with Crippen LogP contribution in [0.1, 0.15) is 20.9 Å². The first-order valence-electron chi connectivity index (χ1n) is 6.50. The number of methoxy groups -OCH3 is 1. The number of carbonyl (C=O) groups is 2. The number of rotatable bonds is 4. The summed E-state index contributed by atoms with van der Waals surface area (Å²) < 4.78 is 11.9. The van der Waals surface area contributed by atoms with Crippen LogP contribution in [0.15, 0.2) is 53.2 Å². The van der Waals surface area contributed by atoms with Crippen LogP contribution in [0.5, 0.6) is 0 Å². The zero-order chi connectivity index (χ0) is 15.5. The summed E-state index contributed by atoms with van der Waals surface area (Å²) in [4.78, 5) is 22.5. The minimum absolute atomic E-state index is 0.213. The first-order valence-corrected chi connectivity index (χ1v) is 6.50. The summed E-state index contributed by atoms with van der Waals surface area (Å²) in [6.07, 6.45) is 4.05. The lowest BCUT2D eigenvalue weighted by molar-refractivity contribution is 0.0600. The highest BCUT2D eigenvalue weighted by molar-refractivity contribution is 5.92. The first kappa shape index (κ1) is 13.8. The van der Waals surface area contributed by atoms with Crippen molar-refractivity contribution in [3.63, 3.8) is 0 Å². The molecule has 0 saturated carbocycles. The summed E-state index contributed by atoms with van der Waals surface area (Å²) in [5.41, 5.74) is 1.75. The number of hydrogen-bond donors (Lipinski definition) is 0. The van der Waals surface area contributed by atoms with E-state index in [1.807, 2.05) is 0 Å². The minimum atomic E-state index is -0.449. The number of hydrogen-bond acceptors (Lipinski definition) is 5. The summed E-state index contributed by atoms with van der Waals surface area (Å²) >= 11 is 0. The standard InChI is InChI=1S/C16H12N2O4/c1-21-16(20)11-3-5-14(18-8-2-7-17-18)13(9-11)15-6-4-12(10-19)22-15/h2-10H,1H3. The van der Waals surface area contributed by atoms with Gasteiger partial charge in [-0.3, -0.25) is 4.79 Å². The summed E-state index contributed by atoms with van der Waals surface area (Å²) in [5, 5.41) is 4.18. The number of ether oxygens (including phenoxy) is 1. The number of furan rings is 1. The van der Waals surface area contributed by atoms with Gasteiger partial charge in [0.1, 0.15) is 5.76 Å². The molecule has 0 bridgehead atoms. The highest BCUT2D eigenvalue weighted by atomic mass is 16.5. The van der Waals surface area contributed by atoms with Gasteiger partial charge in [-0.15, -0.1) is 0 Å². The van der Waals surface area contributed by atoms with Crippen molar-refractivity contribution in [2.45, 2.75) is 0 Å². The van der Waals surface area contributed by atoms with Crippen LogP contribution in [0.25, 0.3) is 17.0 Å². The Bertz CT molecular complexity index is 819. The maximum atomic E-state index is 11.7. The molecule has 0 spiro atoms. The van der Waals surface area contributed by atoms with E-state index in [2.05, 4.69) is 5.10 Å². The molecule has 6 nitrogen and oxygen atoms in total. The highest BCUT2D eigenvalue weighted by Gasteiger charge is 2.15. The molecule has 3 rings (SSSR count). The van der Waals surface area contributed by atoms with Crippen molar-refractivity contribution in [2.24, 2.45) is 0 Å². The zero-order valence-corrected chi connectivity index (χ0v) is 11.7. The summed E-state index contributed by atoms with van der Waals surface area (Å²) in [6, 6.07) is 10.1. The second-order valence-corrected chi connectivity index (χ2v) is 4.49. The highest BCUT2D eigenvalue weighted by Crippen LogP contribution is 2.29. The first-order chi connectivity index (χ1) is 10.7. The molecule has 0 unspecified atom stereocenters. The Hall–Kier alpha value is -3.15. The second-order valence-electron chi connectivity index (χ2n) is 4.49. The molecule has 0 aliphatic heterocycles. The fourth-order valence-corrected chi connectivity index (χ4v) is 2.15. The van der Waals surface area contributed by atoms with E-state index in [-0.39, 0.29) is 5.76 Å². The van der Waals surface area contributed by atoms with Gasteiger partial charge < -0.3 is 9.15 Å². The van der Waals surface area contributed by atoms with Crippen LogP contribution in [0.2, 0.25) is 0 Å². The van der Waals surface area contributed by atoms with Crippen molar-refractivity contribution < 1.29 is 18.7 Å². The fraction of sp³-hybridized carbons (Fsp3) is 0.0625. The van der Waals surface area contributed by atoms with E-state index in [4.69, 9.17) is 9.15 Å². The molecule has 6 heteroatoms. The molecule has 2 aromatic heterocycles. The van der Waals surface area contributed by atoms with Crippen LogP contribution in [0, 0.1) is 0 Å². The van der Waals surface area contributed by atoms with Gasteiger partial charge in [0, 0.05) is 18.0 Å². The van der Waals surface area contributed by atoms with Gasteiger partial charge in [-0.1, -0.05) is 0 Å². The van der Waals surface area contributed by atoms with Gasteiger partial charge >= 0.3 is 5.97 Å². The lowest BCUT2D eigenvalue weighted by Crippen LogP contribution is -2.04. The third kappa shape index (κ3) is 2.42.